The first-order chi connectivity index (χ1) is 11.6. The molecule has 2 amide bonds. The number of carbonyl (C=O) groups is 2. The fourth-order valence-electron chi connectivity index (χ4n) is 3.94. The lowest BCUT2D eigenvalue weighted by atomic mass is 10.1. The number of hydrogen-bond acceptors (Lipinski definition) is 3. The number of likely N-dealkylation sites (tertiary alicyclic amines) is 1. The molecule has 6 heteroatoms. The molecule has 2 N–H and O–H groups in total. The molecule has 1 unspecified atom stereocenters. The molecule has 1 aliphatic heterocycles. The van der Waals surface area contributed by atoms with Crippen LogP contribution in [-0.4, -0.2) is 39.3 Å². The third kappa shape index (κ3) is 2.77. The summed E-state index contributed by atoms with van der Waals surface area (Å²) in [6.45, 7) is 2.46. The van der Waals surface area contributed by atoms with Crippen LogP contribution in [0.1, 0.15) is 37.9 Å². The molecule has 0 spiro atoms. The molecule has 2 heterocycles. The van der Waals surface area contributed by atoms with Gasteiger partial charge < -0.3 is 15.2 Å². The van der Waals surface area contributed by atoms with Gasteiger partial charge in [0.2, 0.25) is 11.8 Å². The predicted octanol–water partition coefficient (Wildman–Crippen LogP) is 2.60. The molecule has 2 aromatic rings. The number of anilines is 1. The molecule has 2 aliphatic rings. The van der Waals surface area contributed by atoms with Gasteiger partial charge in [-0.3, -0.25) is 9.59 Å². The zero-order valence-electron chi connectivity index (χ0n) is 13.8. The van der Waals surface area contributed by atoms with Gasteiger partial charge in [-0.15, -0.1) is 0 Å². The Labute approximate surface area is 140 Å². The highest BCUT2D eigenvalue weighted by Gasteiger charge is 2.38. The Hall–Kier alpha value is -2.37. The van der Waals surface area contributed by atoms with E-state index < -0.39 is 0 Å². The summed E-state index contributed by atoms with van der Waals surface area (Å²) in [5.74, 6) is 0.653. The van der Waals surface area contributed by atoms with Gasteiger partial charge in [-0.1, -0.05) is 12.8 Å². The largest absolute Gasteiger partial charge is 0.342 e. The second-order valence-electron chi connectivity index (χ2n) is 6.93. The van der Waals surface area contributed by atoms with Crippen molar-refractivity contribution < 1.29 is 9.59 Å². The summed E-state index contributed by atoms with van der Waals surface area (Å²) in [4.78, 5) is 34.2. The number of nitrogens with one attached hydrogen (secondary N) is 2. The van der Waals surface area contributed by atoms with Crippen LogP contribution >= 0.6 is 0 Å². The fourth-order valence-corrected chi connectivity index (χ4v) is 3.94. The highest BCUT2D eigenvalue weighted by Crippen LogP contribution is 2.30. The maximum atomic E-state index is 12.5. The maximum absolute atomic E-state index is 12.5. The minimum Gasteiger partial charge on any atom is -0.342 e. The summed E-state index contributed by atoms with van der Waals surface area (Å²) in [6.07, 6.45) is 4.86. The van der Waals surface area contributed by atoms with Gasteiger partial charge in [-0.25, -0.2) is 4.98 Å². The van der Waals surface area contributed by atoms with Crippen LogP contribution in [0.5, 0.6) is 0 Å². The van der Waals surface area contributed by atoms with Crippen LogP contribution in [-0.2, 0) is 9.59 Å². The topological polar surface area (TPSA) is 78.1 Å². The van der Waals surface area contributed by atoms with Gasteiger partial charge in [0, 0.05) is 24.7 Å². The molecule has 4 rings (SSSR count). The van der Waals surface area contributed by atoms with Crippen molar-refractivity contribution in [2.45, 2.75) is 45.1 Å². The lowest BCUT2D eigenvalue weighted by molar-refractivity contribution is -0.129. The average molecular weight is 326 g/mol. The quantitative estimate of drug-likeness (QED) is 0.910. The number of imidazole rings is 1. The van der Waals surface area contributed by atoms with Crippen LogP contribution in [0.25, 0.3) is 11.0 Å². The molecule has 1 saturated heterocycles. The standard InChI is InChI=1S/C18H22N4O2/c1-11-19-15-7-6-13(9-16(15)20-11)21-18(24)12-8-17(23)22(10-12)14-4-2-3-5-14/h6-7,9,12,14H,2-5,8,10H2,1H3,(H,19,20)(H,21,24). The highest BCUT2D eigenvalue weighted by atomic mass is 16.2. The van der Waals surface area contributed by atoms with Gasteiger partial charge in [-0.2, -0.15) is 0 Å². The number of aryl methyl sites for hydroxylation is 1. The first-order valence-electron chi connectivity index (χ1n) is 8.67. The van der Waals surface area contributed by atoms with Crippen molar-refractivity contribution in [3.05, 3.63) is 24.0 Å². The van der Waals surface area contributed by atoms with Crippen molar-refractivity contribution in [2.24, 2.45) is 5.92 Å². The van der Waals surface area contributed by atoms with Crippen molar-refractivity contribution in [1.82, 2.24) is 14.9 Å². The van der Waals surface area contributed by atoms with Gasteiger partial charge in [0.05, 0.1) is 17.0 Å². The smallest absolute Gasteiger partial charge is 0.229 e. The molecule has 0 radical (unpaired) electrons. The Morgan fingerprint density at radius 3 is 2.92 bits per heavy atom. The number of rotatable bonds is 3. The van der Waals surface area contributed by atoms with Gasteiger partial charge >= 0.3 is 0 Å². The van der Waals surface area contributed by atoms with Crippen LogP contribution in [0.3, 0.4) is 0 Å². The van der Waals surface area contributed by atoms with Crippen molar-refractivity contribution in [3.8, 4) is 0 Å². The molecule has 1 aromatic heterocycles. The van der Waals surface area contributed by atoms with E-state index in [1.54, 1.807) is 0 Å². The molecular weight excluding hydrogens is 304 g/mol. The molecular formula is C18H22N4O2. The molecule has 6 nitrogen and oxygen atoms in total. The predicted molar refractivity (Wildman–Crippen MR) is 91.5 cm³/mol. The number of hydrogen-bond donors (Lipinski definition) is 2. The third-order valence-corrected chi connectivity index (χ3v) is 5.16. The molecule has 24 heavy (non-hydrogen) atoms. The Bertz CT molecular complexity index is 791. The van der Waals surface area contributed by atoms with Crippen molar-refractivity contribution in [2.75, 3.05) is 11.9 Å². The summed E-state index contributed by atoms with van der Waals surface area (Å²) >= 11 is 0. The monoisotopic (exact) mass is 326 g/mol. The maximum Gasteiger partial charge on any atom is 0.229 e. The second-order valence-corrected chi connectivity index (χ2v) is 6.93. The lowest BCUT2D eigenvalue weighted by Crippen LogP contribution is -2.35. The van der Waals surface area contributed by atoms with E-state index in [0.29, 0.717) is 19.0 Å². The number of carbonyl (C=O) groups excluding carboxylic acids is 2. The molecule has 1 atom stereocenters. The first kappa shape index (κ1) is 15.2. The number of aromatic nitrogens is 2. The number of amides is 2. The Balaban J connectivity index is 1.44. The average Bonchev–Trinajstić information content (AvgIpc) is 3.25. The SMILES string of the molecule is Cc1nc2ccc(NC(=O)C3CC(=O)N(C4CCCC4)C3)cc2[nH]1. The van der Waals surface area contributed by atoms with Crippen molar-refractivity contribution in [1.29, 1.82) is 0 Å². The molecule has 126 valence electrons. The summed E-state index contributed by atoms with van der Waals surface area (Å²) < 4.78 is 0. The number of nitrogens with zero attached hydrogens (tertiary/aromatic N) is 2. The Kier molecular flexibility index (Phi) is 3.75. The number of aromatic amines is 1. The molecule has 0 bridgehead atoms. The Morgan fingerprint density at radius 2 is 2.12 bits per heavy atom. The number of fused-ring (bicyclic) bond motifs is 1. The normalized spacial score (nSPS) is 21.8. The van der Waals surface area contributed by atoms with Crippen LogP contribution in [0.15, 0.2) is 18.2 Å². The number of benzene rings is 1. The fraction of sp³-hybridized carbons (Fsp3) is 0.500. The summed E-state index contributed by atoms with van der Waals surface area (Å²) in [5.41, 5.74) is 2.53. The summed E-state index contributed by atoms with van der Waals surface area (Å²) in [7, 11) is 0. The van der Waals surface area contributed by atoms with E-state index in [0.717, 1.165) is 35.4 Å². The van der Waals surface area contributed by atoms with E-state index in [1.807, 2.05) is 30.0 Å². The van der Waals surface area contributed by atoms with Crippen molar-refractivity contribution in [3.63, 3.8) is 0 Å². The van der Waals surface area contributed by atoms with E-state index in [2.05, 4.69) is 15.3 Å². The van der Waals surface area contributed by atoms with Gasteiger partial charge in [0.25, 0.3) is 0 Å². The Morgan fingerprint density at radius 1 is 1.33 bits per heavy atom. The van der Waals surface area contributed by atoms with E-state index >= 15 is 0 Å². The molecule has 2 fully saturated rings. The van der Waals surface area contributed by atoms with Crippen molar-refractivity contribution >= 4 is 28.5 Å². The molecule has 1 saturated carbocycles. The highest BCUT2D eigenvalue weighted by molar-refractivity contribution is 5.98. The number of H-pyrrole nitrogens is 1. The zero-order valence-corrected chi connectivity index (χ0v) is 13.8. The molecule has 1 aliphatic carbocycles. The van der Waals surface area contributed by atoms with Crippen LogP contribution in [0, 0.1) is 12.8 Å². The minimum atomic E-state index is -0.253. The van der Waals surface area contributed by atoms with E-state index in [4.69, 9.17) is 0 Å². The first-order valence-corrected chi connectivity index (χ1v) is 8.67. The van der Waals surface area contributed by atoms with Crippen LogP contribution < -0.4 is 5.32 Å². The van der Waals surface area contributed by atoms with E-state index in [-0.39, 0.29) is 17.7 Å². The van der Waals surface area contributed by atoms with Gasteiger partial charge in [0.1, 0.15) is 5.82 Å². The third-order valence-electron chi connectivity index (χ3n) is 5.16. The summed E-state index contributed by atoms with van der Waals surface area (Å²) in [5, 5.41) is 2.95. The van der Waals surface area contributed by atoms with E-state index in [1.165, 1.54) is 12.8 Å². The summed E-state index contributed by atoms with van der Waals surface area (Å²) in [6, 6.07) is 5.98. The van der Waals surface area contributed by atoms with Crippen LogP contribution in [0.4, 0.5) is 5.69 Å². The van der Waals surface area contributed by atoms with Gasteiger partial charge in [0.15, 0.2) is 0 Å². The second kappa shape index (κ2) is 5.92. The minimum absolute atomic E-state index is 0.0700. The zero-order chi connectivity index (χ0) is 16.7. The van der Waals surface area contributed by atoms with E-state index in [9.17, 15) is 9.59 Å². The van der Waals surface area contributed by atoms with Gasteiger partial charge in [-0.05, 0) is 38.0 Å². The lowest BCUT2D eigenvalue weighted by Gasteiger charge is -2.23. The molecule has 1 aromatic carbocycles. The van der Waals surface area contributed by atoms with Crippen LogP contribution in [0.2, 0.25) is 0 Å².